The summed E-state index contributed by atoms with van der Waals surface area (Å²) >= 11 is 0. The van der Waals surface area contributed by atoms with Gasteiger partial charge in [-0.25, -0.2) is 4.99 Å². The van der Waals surface area contributed by atoms with Crippen molar-refractivity contribution in [3.63, 3.8) is 0 Å². The van der Waals surface area contributed by atoms with Crippen molar-refractivity contribution in [2.45, 2.75) is 27.7 Å². The Labute approximate surface area is 167 Å². The highest BCUT2D eigenvalue weighted by Crippen LogP contribution is 2.40. The molecule has 1 aliphatic rings. The van der Waals surface area contributed by atoms with Gasteiger partial charge in [0.05, 0.1) is 5.56 Å². The van der Waals surface area contributed by atoms with Crippen LogP contribution < -0.4 is 5.32 Å². The zero-order chi connectivity index (χ0) is 20.1. The number of hydrogen-bond donors (Lipinski definition) is 1. The number of aryl methyl sites for hydroxylation is 1. The Morgan fingerprint density at radius 3 is 2.18 bits per heavy atom. The summed E-state index contributed by atoms with van der Waals surface area (Å²) in [7, 11) is 0. The van der Waals surface area contributed by atoms with E-state index in [9.17, 15) is 0 Å². The summed E-state index contributed by atoms with van der Waals surface area (Å²) in [5.74, 6) is 1.79. The third-order valence-electron chi connectivity index (χ3n) is 4.62. The number of benzene rings is 2. The number of rotatable bonds is 2. The van der Waals surface area contributed by atoms with Crippen molar-refractivity contribution in [3.05, 3.63) is 90.7 Å². The third-order valence-corrected chi connectivity index (χ3v) is 4.62. The molecule has 0 radical (unpaired) electrons. The number of para-hydroxylation sites is 1. The minimum atomic E-state index is 0.859. The number of allylic oxidation sites excluding steroid dienone is 2. The molecule has 0 saturated carbocycles. The monoisotopic (exact) mass is 369 g/mol. The first-order valence-corrected chi connectivity index (χ1v) is 9.51. The molecule has 0 spiro atoms. The summed E-state index contributed by atoms with van der Waals surface area (Å²) in [5, 5.41) is 3.26. The van der Waals surface area contributed by atoms with Gasteiger partial charge < -0.3 is 9.88 Å². The van der Waals surface area contributed by atoms with E-state index in [-0.39, 0.29) is 0 Å². The zero-order valence-corrected chi connectivity index (χ0v) is 17.0. The second kappa shape index (κ2) is 8.57. The molecular weight excluding hydrogens is 342 g/mol. The van der Waals surface area contributed by atoms with Crippen LogP contribution in [-0.2, 0) is 0 Å². The van der Waals surface area contributed by atoms with Crippen LogP contribution in [0.3, 0.4) is 0 Å². The highest BCUT2D eigenvalue weighted by atomic mass is 15.1. The van der Waals surface area contributed by atoms with Crippen LogP contribution in [0.15, 0.2) is 84.5 Å². The maximum Gasteiger partial charge on any atom is 0.149 e. The predicted molar refractivity (Wildman–Crippen MR) is 121 cm³/mol. The van der Waals surface area contributed by atoms with Crippen LogP contribution in [0.4, 0.5) is 5.82 Å². The number of amidine groups is 1. The van der Waals surface area contributed by atoms with Crippen molar-refractivity contribution in [1.82, 2.24) is 9.88 Å². The van der Waals surface area contributed by atoms with E-state index < -0.39 is 0 Å². The van der Waals surface area contributed by atoms with Crippen LogP contribution in [0.1, 0.15) is 31.9 Å². The first-order valence-electron chi connectivity index (χ1n) is 9.51. The summed E-state index contributed by atoms with van der Waals surface area (Å²) in [6.07, 6.45) is 6.15. The molecule has 1 aliphatic heterocycles. The van der Waals surface area contributed by atoms with Gasteiger partial charge in [-0.2, -0.15) is 0 Å². The van der Waals surface area contributed by atoms with Gasteiger partial charge in [-0.1, -0.05) is 66.8 Å². The molecule has 4 rings (SSSR count). The van der Waals surface area contributed by atoms with Crippen LogP contribution in [-0.4, -0.2) is 10.4 Å². The van der Waals surface area contributed by atoms with Gasteiger partial charge in [0.15, 0.2) is 0 Å². The van der Waals surface area contributed by atoms with Gasteiger partial charge in [-0.15, -0.1) is 0 Å². The molecule has 142 valence electrons. The molecule has 0 bridgehead atoms. The van der Waals surface area contributed by atoms with Gasteiger partial charge in [0.25, 0.3) is 0 Å². The summed E-state index contributed by atoms with van der Waals surface area (Å²) in [5.41, 5.74) is 6.61. The number of hydrogen-bond acceptors (Lipinski definition) is 2. The smallest absolute Gasteiger partial charge is 0.149 e. The molecule has 2 heterocycles. The zero-order valence-electron chi connectivity index (χ0n) is 17.0. The Balaban J connectivity index is 0.000000516. The van der Waals surface area contributed by atoms with Gasteiger partial charge >= 0.3 is 0 Å². The molecule has 0 saturated heterocycles. The van der Waals surface area contributed by atoms with Crippen molar-refractivity contribution >= 4 is 17.4 Å². The lowest BCUT2D eigenvalue weighted by Gasteiger charge is -2.18. The molecule has 0 fully saturated rings. The van der Waals surface area contributed by atoms with Crippen LogP contribution in [0.5, 0.6) is 0 Å². The number of aliphatic imine (C=N–C) groups is 1. The fourth-order valence-electron chi connectivity index (χ4n) is 3.11. The van der Waals surface area contributed by atoms with Crippen LogP contribution in [0, 0.1) is 6.92 Å². The highest BCUT2D eigenvalue weighted by molar-refractivity contribution is 6.00. The highest BCUT2D eigenvalue weighted by Gasteiger charge is 2.23. The second-order valence-corrected chi connectivity index (χ2v) is 6.78. The number of aromatic nitrogens is 1. The van der Waals surface area contributed by atoms with Crippen molar-refractivity contribution in [2.75, 3.05) is 0 Å². The van der Waals surface area contributed by atoms with E-state index in [0.29, 0.717) is 0 Å². The Hall–Kier alpha value is -3.33. The summed E-state index contributed by atoms with van der Waals surface area (Å²) in [4.78, 5) is 4.74. The van der Waals surface area contributed by atoms with Crippen LogP contribution in [0.2, 0.25) is 0 Å². The SMILES string of the molecule is C/C=C\C.C=C1NC(C)=Nc2c1c(-c1ccc(C)cc1)cn2-c1ccccc1. The minimum absolute atomic E-state index is 0.859. The Bertz CT molecular complexity index is 1020. The maximum atomic E-state index is 4.74. The van der Waals surface area contributed by atoms with E-state index in [1.54, 1.807) is 0 Å². The normalized spacial score (nSPS) is 12.7. The fourth-order valence-corrected chi connectivity index (χ4v) is 3.11. The van der Waals surface area contributed by atoms with E-state index >= 15 is 0 Å². The van der Waals surface area contributed by atoms with Gasteiger partial charge in [-0.3, -0.25) is 0 Å². The molecule has 2 aromatic carbocycles. The van der Waals surface area contributed by atoms with Gasteiger partial charge in [0.1, 0.15) is 11.7 Å². The minimum Gasteiger partial charge on any atom is -0.344 e. The molecule has 0 unspecified atom stereocenters. The predicted octanol–water partition coefficient (Wildman–Crippen LogP) is 6.66. The van der Waals surface area contributed by atoms with Gasteiger partial charge in [0.2, 0.25) is 0 Å². The Morgan fingerprint density at radius 2 is 1.57 bits per heavy atom. The lowest BCUT2D eigenvalue weighted by molar-refractivity contribution is 1.05. The molecule has 0 atom stereocenters. The summed E-state index contributed by atoms with van der Waals surface area (Å²) in [6, 6.07) is 18.9. The van der Waals surface area contributed by atoms with Gasteiger partial charge in [-0.05, 0) is 45.4 Å². The first-order chi connectivity index (χ1) is 13.5. The number of nitrogens with one attached hydrogen (secondary N) is 1. The standard InChI is InChI=1S/C21H19N3.C4H8/c1-14-9-11-17(12-10-14)19-13-24(18-7-5-4-6-8-18)21-20(19)15(2)22-16(3)23-21;1-3-4-2/h4-13H,2H2,1,3H3,(H,22,23);3-4H,1-2H3/b;4-3-. The average molecular weight is 370 g/mol. The molecule has 1 aromatic heterocycles. The van der Waals surface area contributed by atoms with Crippen molar-refractivity contribution in [1.29, 1.82) is 0 Å². The van der Waals surface area contributed by atoms with Crippen molar-refractivity contribution in [2.24, 2.45) is 4.99 Å². The molecular formula is C25H27N3. The molecule has 28 heavy (non-hydrogen) atoms. The van der Waals surface area contributed by atoms with E-state index in [0.717, 1.165) is 34.2 Å². The molecule has 3 nitrogen and oxygen atoms in total. The van der Waals surface area contributed by atoms with E-state index in [1.165, 1.54) is 11.1 Å². The van der Waals surface area contributed by atoms with Crippen LogP contribution >= 0.6 is 0 Å². The first kappa shape index (κ1) is 19.4. The van der Waals surface area contributed by atoms with E-state index in [2.05, 4.69) is 66.0 Å². The van der Waals surface area contributed by atoms with E-state index in [4.69, 9.17) is 4.99 Å². The lowest BCUT2D eigenvalue weighted by atomic mass is 10.0. The quantitative estimate of drug-likeness (QED) is 0.503. The lowest BCUT2D eigenvalue weighted by Crippen LogP contribution is -2.21. The molecule has 0 amide bonds. The second-order valence-electron chi connectivity index (χ2n) is 6.78. The third kappa shape index (κ3) is 3.99. The summed E-state index contributed by atoms with van der Waals surface area (Å²) < 4.78 is 2.14. The largest absolute Gasteiger partial charge is 0.344 e. The van der Waals surface area contributed by atoms with Crippen molar-refractivity contribution in [3.8, 4) is 16.8 Å². The fraction of sp³-hybridized carbons (Fsp3) is 0.160. The van der Waals surface area contributed by atoms with E-state index in [1.807, 2.05) is 51.1 Å². The van der Waals surface area contributed by atoms with Crippen LogP contribution in [0.25, 0.3) is 22.5 Å². The Kier molecular flexibility index (Phi) is 5.95. The van der Waals surface area contributed by atoms with Crippen molar-refractivity contribution < 1.29 is 0 Å². The summed E-state index contributed by atoms with van der Waals surface area (Å²) in [6.45, 7) is 12.3. The average Bonchev–Trinajstić information content (AvgIpc) is 3.09. The number of fused-ring (bicyclic) bond motifs is 1. The molecule has 3 heteroatoms. The Morgan fingerprint density at radius 1 is 0.929 bits per heavy atom. The number of nitrogens with zero attached hydrogens (tertiary/aromatic N) is 2. The molecule has 3 aromatic rings. The molecule has 1 N–H and O–H groups in total. The topological polar surface area (TPSA) is 29.3 Å². The maximum absolute atomic E-state index is 4.74. The molecule has 0 aliphatic carbocycles. The van der Waals surface area contributed by atoms with Gasteiger partial charge in [0, 0.05) is 23.1 Å².